The molecule has 2 aromatic rings. The lowest BCUT2D eigenvalue weighted by atomic mass is 10.0. The van der Waals surface area contributed by atoms with Gasteiger partial charge in [0.25, 0.3) is 5.56 Å². The first-order valence-electron chi connectivity index (χ1n) is 8.44. The van der Waals surface area contributed by atoms with Gasteiger partial charge in [-0.2, -0.15) is 11.8 Å². The summed E-state index contributed by atoms with van der Waals surface area (Å²) in [5, 5.41) is 4.56. The predicted molar refractivity (Wildman–Crippen MR) is 99.9 cm³/mol. The number of rotatable bonds is 2. The molecule has 0 spiro atoms. The summed E-state index contributed by atoms with van der Waals surface area (Å²) in [5.41, 5.74) is -0.458. The molecule has 5 nitrogen and oxygen atoms in total. The highest BCUT2D eigenvalue weighted by Crippen LogP contribution is 2.42. The van der Waals surface area contributed by atoms with Crippen molar-refractivity contribution in [3.63, 3.8) is 0 Å². The van der Waals surface area contributed by atoms with Gasteiger partial charge in [-0.3, -0.25) is 19.4 Å². The number of amides is 1. The number of nitrogens with zero attached hydrogens (tertiary/aromatic N) is 1. The SMILES string of the molecule is O=C1CS[C@@H](c2ccc(F)c(F)c2F)c2c(n(C3CCSCC3)[nH]c2=O)N1. The maximum absolute atomic E-state index is 14.4. The van der Waals surface area contributed by atoms with Crippen LogP contribution < -0.4 is 10.9 Å². The molecule has 0 saturated carbocycles. The molecule has 0 aliphatic carbocycles. The van der Waals surface area contributed by atoms with Crippen LogP contribution in [0.2, 0.25) is 0 Å². The number of H-pyrrole nitrogens is 1. The first-order chi connectivity index (χ1) is 13.0. The summed E-state index contributed by atoms with van der Waals surface area (Å²) in [5.74, 6) is -2.42. The van der Waals surface area contributed by atoms with Crippen LogP contribution in [0, 0.1) is 17.5 Å². The van der Waals surface area contributed by atoms with Gasteiger partial charge in [-0.25, -0.2) is 13.2 Å². The molecule has 2 aliphatic rings. The van der Waals surface area contributed by atoms with Crippen LogP contribution in [0.5, 0.6) is 0 Å². The van der Waals surface area contributed by atoms with Gasteiger partial charge in [0.05, 0.1) is 22.6 Å². The Hall–Kier alpha value is -1.81. The van der Waals surface area contributed by atoms with Crippen molar-refractivity contribution in [3.8, 4) is 0 Å². The number of fused-ring (bicyclic) bond motifs is 1. The summed E-state index contributed by atoms with van der Waals surface area (Å²) in [4.78, 5) is 24.9. The molecular weight excluding hydrogens is 399 g/mol. The molecule has 1 aromatic carbocycles. The zero-order valence-electron chi connectivity index (χ0n) is 14.1. The van der Waals surface area contributed by atoms with E-state index in [0.717, 1.165) is 48.2 Å². The molecule has 0 bridgehead atoms. The van der Waals surface area contributed by atoms with Crippen molar-refractivity contribution in [1.82, 2.24) is 9.78 Å². The van der Waals surface area contributed by atoms with Gasteiger partial charge in [-0.15, -0.1) is 11.8 Å². The fourth-order valence-electron chi connectivity index (χ4n) is 3.45. The molecule has 27 heavy (non-hydrogen) atoms. The molecule has 2 aliphatic heterocycles. The molecule has 10 heteroatoms. The summed E-state index contributed by atoms with van der Waals surface area (Å²) < 4.78 is 43.1. The molecule has 1 fully saturated rings. The van der Waals surface area contributed by atoms with Crippen molar-refractivity contribution in [1.29, 1.82) is 0 Å². The van der Waals surface area contributed by atoms with Crippen LogP contribution in [0.4, 0.5) is 19.0 Å². The topological polar surface area (TPSA) is 66.9 Å². The van der Waals surface area contributed by atoms with E-state index in [0.29, 0.717) is 5.82 Å². The smallest absolute Gasteiger partial charge is 0.270 e. The van der Waals surface area contributed by atoms with E-state index in [-0.39, 0.29) is 28.8 Å². The predicted octanol–water partition coefficient (Wildman–Crippen LogP) is 3.44. The lowest BCUT2D eigenvalue weighted by Crippen LogP contribution is -2.22. The van der Waals surface area contributed by atoms with E-state index in [1.54, 1.807) is 4.68 Å². The highest BCUT2D eigenvalue weighted by atomic mass is 32.2. The summed E-state index contributed by atoms with van der Waals surface area (Å²) >= 11 is 2.83. The minimum atomic E-state index is -1.58. The highest BCUT2D eigenvalue weighted by Gasteiger charge is 2.34. The molecule has 144 valence electrons. The van der Waals surface area contributed by atoms with Crippen LogP contribution in [0.1, 0.15) is 35.3 Å². The fourth-order valence-corrected chi connectivity index (χ4v) is 5.67. The van der Waals surface area contributed by atoms with Crippen LogP contribution in [-0.2, 0) is 4.79 Å². The van der Waals surface area contributed by atoms with Gasteiger partial charge >= 0.3 is 0 Å². The van der Waals surface area contributed by atoms with Gasteiger partial charge in [0.2, 0.25) is 5.91 Å². The van der Waals surface area contributed by atoms with Crippen LogP contribution in [0.25, 0.3) is 0 Å². The first-order valence-corrected chi connectivity index (χ1v) is 10.6. The standard InChI is InChI=1S/C17H16F3N3O2S2/c18-10-2-1-9(13(19)14(10)20)15-12-16(21-11(24)7-27-15)23(22-17(12)25)8-3-5-26-6-4-8/h1-2,8,15H,3-7H2,(H,21,24)(H,22,25)/t15-/m0/s1. The maximum atomic E-state index is 14.4. The van der Waals surface area contributed by atoms with E-state index in [1.165, 1.54) is 0 Å². The number of hydrogen-bond donors (Lipinski definition) is 2. The molecule has 0 unspecified atom stereocenters. The number of benzene rings is 1. The van der Waals surface area contributed by atoms with Crippen LogP contribution in [-0.4, -0.2) is 32.9 Å². The summed E-state index contributed by atoms with van der Waals surface area (Å²) in [6, 6.07) is 1.97. The molecule has 1 saturated heterocycles. The molecule has 1 amide bonds. The average Bonchev–Trinajstić information content (AvgIpc) is 2.87. The Labute approximate surface area is 161 Å². The third kappa shape index (κ3) is 3.29. The van der Waals surface area contributed by atoms with E-state index >= 15 is 0 Å². The summed E-state index contributed by atoms with van der Waals surface area (Å²) in [6.07, 6.45) is 1.66. The molecule has 1 atom stereocenters. The molecule has 2 N–H and O–H groups in total. The van der Waals surface area contributed by atoms with Crippen molar-refractivity contribution in [3.05, 3.63) is 51.1 Å². The maximum Gasteiger partial charge on any atom is 0.270 e. The number of thioether (sulfide) groups is 2. The third-order valence-electron chi connectivity index (χ3n) is 4.77. The average molecular weight is 415 g/mol. The molecular formula is C17H16F3N3O2S2. The number of hydrogen-bond acceptors (Lipinski definition) is 4. The fraction of sp³-hybridized carbons (Fsp3) is 0.412. The number of aromatic nitrogens is 2. The van der Waals surface area contributed by atoms with E-state index in [1.807, 2.05) is 11.8 Å². The van der Waals surface area contributed by atoms with Gasteiger partial charge in [0.1, 0.15) is 5.82 Å². The monoisotopic (exact) mass is 415 g/mol. The second-order valence-corrected chi connectivity index (χ2v) is 8.74. The number of nitrogens with one attached hydrogen (secondary N) is 2. The van der Waals surface area contributed by atoms with E-state index in [9.17, 15) is 22.8 Å². The van der Waals surface area contributed by atoms with Crippen LogP contribution in [0.3, 0.4) is 0 Å². The van der Waals surface area contributed by atoms with Crippen molar-refractivity contribution >= 4 is 35.2 Å². The Bertz CT molecular complexity index is 954. The lowest BCUT2D eigenvalue weighted by Gasteiger charge is -2.24. The summed E-state index contributed by atoms with van der Waals surface area (Å²) in [7, 11) is 0. The second-order valence-electron chi connectivity index (χ2n) is 6.42. The summed E-state index contributed by atoms with van der Waals surface area (Å²) in [6.45, 7) is 0. The molecule has 0 radical (unpaired) electrons. The number of carbonyl (C=O) groups excluding carboxylic acids is 1. The number of carbonyl (C=O) groups is 1. The van der Waals surface area contributed by atoms with Crippen molar-refractivity contribution in [2.24, 2.45) is 0 Å². The zero-order chi connectivity index (χ0) is 19.1. The van der Waals surface area contributed by atoms with Gasteiger partial charge in [-0.05, 0) is 30.4 Å². The lowest BCUT2D eigenvalue weighted by molar-refractivity contribution is -0.113. The number of halogens is 3. The first kappa shape index (κ1) is 18.5. The Morgan fingerprint density at radius 1 is 1.07 bits per heavy atom. The van der Waals surface area contributed by atoms with E-state index < -0.39 is 28.3 Å². The Morgan fingerprint density at radius 3 is 2.56 bits per heavy atom. The Morgan fingerprint density at radius 2 is 1.81 bits per heavy atom. The van der Waals surface area contributed by atoms with Gasteiger partial charge < -0.3 is 5.32 Å². The second kappa shape index (κ2) is 7.31. The minimum Gasteiger partial charge on any atom is -0.310 e. The van der Waals surface area contributed by atoms with Gasteiger partial charge in [0, 0.05) is 5.56 Å². The van der Waals surface area contributed by atoms with Gasteiger partial charge in [0.15, 0.2) is 17.5 Å². The number of aromatic amines is 1. The normalized spacial score (nSPS) is 20.9. The number of anilines is 1. The highest BCUT2D eigenvalue weighted by molar-refractivity contribution is 8.00. The van der Waals surface area contributed by atoms with E-state index in [2.05, 4.69) is 10.4 Å². The molecule has 3 heterocycles. The van der Waals surface area contributed by atoms with Crippen molar-refractivity contribution in [2.75, 3.05) is 22.6 Å². The molecule has 4 rings (SSSR count). The van der Waals surface area contributed by atoms with Crippen molar-refractivity contribution < 1.29 is 18.0 Å². The van der Waals surface area contributed by atoms with E-state index in [4.69, 9.17) is 0 Å². The quantitative estimate of drug-likeness (QED) is 0.738. The largest absolute Gasteiger partial charge is 0.310 e. The Kier molecular flexibility index (Phi) is 5.02. The van der Waals surface area contributed by atoms with Crippen molar-refractivity contribution in [2.45, 2.75) is 24.1 Å². The minimum absolute atomic E-state index is 0.0153. The van der Waals surface area contributed by atoms with Crippen LogP contribution >= 0.6 is 23.5 Å². The third-order valence-corrected chi connectivity index (χ3v) is 7.07. The van der Waals surface area contributed by atoms with Crippen LogP contribution in [0.15, 0.2) is 16.9 Å². The zero-order valence-corrected chi connectivity index (χ0v) is 15.7. The van der Waals surface area contributed by atoms with Gasteiger partial charge in [-0.1, -0.05) is 6.07 Å². The molecule has 1 aromatic heterocycles. The Balaban J connectivity index is 1.86.